The Morgan fingerprint density at radius 3 is 2.43 bits per heavy atom. The number of aliphatic hydroxyl groups is 1. The summed E-state index contributed by atoms with van der Waals surface area (Å²) in [6, 6.07) is 7.34. The van der Waals surface area contributed by atoms with Crippen molar-refractivity contribution in [2.24, 2.45) is 0 Å². The maximum absolute atomic E-state index is 11.5. The van der Waals surface area contributed by atoms with E-state index in [0.29, 0.717) is 5.56 Å². The first kappa shape index (κ1) is 10.7. The minimum absolute atomic E-state index is 0.292. The number of benzene rings is 1. The molecule has 1 rings (SSSR count). The predicted molar refractivity (Wildman–Crippen MR) is 54.8 cm³/mol. The van der Waals surface area contributed by atoms with Gasteiger partial charge < -0.3 is 10.0 Å². The molecule has 3 nitrogen and oxygen atoms in total. The summed E-state index contributed by atoms with van der Waals surface area (Å²) in [4.78, 5) is 12.9. The molecule has 1 aromatic rings. The first-order valence-electron chi connectivity index (χ1n) is 4.49. The van der Waals surface area contributed by atoms with Crippen LogP contribution >= 0.6 is 0 Å². The lowest BCUT2D eigenvalue weighted by Crippen LogP contribution is -2.28. The van der Waals surface area contributed by atoms with E-state index in [1.165, 1.54) is 4.90 Å². The number of hydrogen-bond donors (Lipinski definition) is 1. The predicted octanol–water partition coefficient (Wildman–Crippen LogP) is 1.12. The van der Waals surface area contributed by atoms with Crippen molar-refractivity contribution >= 4 is 5.91 Å². The lowest BCUT2D eigenvalue weighted by molar-refractivity contribution is -0.137. The van der Waals surface area contributed by atoms with E-state index in [9.17, 15) is 9.90 Å². The van der Waals surface area contributed by atoms with Crippen molar-refractivity contribution in [1.82, 2.24) is 4.90 Å². The second kappa shape index (κ2) is 4.24. The van der Waals surface area contributed by atoms with E-state index in [-0.39, 0.29) is 5.91 Å². The Bertz CT molecular complexity index is 334. The fourth-order valence-corrected chi connectivity index (χ4v) is 1.27. The van der Waals surface area contributed by atoms with E-state index < -0.39 is 6.10 Å². The highest BCUT2D eigenvalue weighted by molar-refractivity contribution is 5.81. The number of nitrogens with zero attached hydrogens (tertiary/aromatic N) is 1. The van der Waals surface area contributed by atoms with Gasteiger partial charge in [0.2, 0.25) is 0 Å². The average molecular weight is 193 g/mol. The summed E-state index contributed by atoms with van der Waals surface area (Å²) in [5.74, 6) is -0.292. The first-order valence-corrected chi connectivity index (χ1v) is 4.49. The van der Waals surface area contributed by atoms with E-state index in [1.807, 2.05) is 25.1 Å². The third-order valence-electron chi connectivity index (χ3n) is 2.16. The van der Waals surface area contributed by atoms with Gasteiger partial charge in [0.15, 0.2) is 6.10 Å². The zero-order valence-corrected chi connectivity index (χ0v) is 8.69. The summed E-state index contributed by atoms with van der Waals surface area (Å²) in [5.41, 5.74) is 1.60. The minimum atomic E-state index is -1.05. The maximum atomic E-state index is 11.5. The van der Waals surface area contributed by atoms with E-state index in [4.69, 9.17) is 0 Å². The van der Waals surface area contributed by atoms with Crippen LogP contribution in [0.25, 0.3) is 0 Å². The van der Waals surface area contributed by atoms with Crippen molar-refractivity contribution in [2.75, 3.05) is 14.1 Å². The molecule has 14 heavy (non-hydrogen) atoms. The molecule has 1 atom stereocenters. The lowest BCUT2D eigenvalue weighted by Gasteiger charge is -2.17. The van der Waals surface area contributed by atoms with Crippen molar-refractivity contribution in [3.05, 3.63) is 35.4 Å². The molecule has 0 saturated carbocycles. The molecule has 0 aromatic heterocycles. The smallest absolute Gasteiger partial charge is 0.255 e. The van der Waals surface area contributed by atoms with Crippen LogP contribution in [0.15, 0.2) is 24.3 Å². The van der Waals surface area contributed by atoms with Gasteiger partial charge in [0.25, 0.3) is 5.91 Å². The third-order valence-corrected chi connectivity index (χ3v) is 2.16. The van der Waals surface area contributed by atoms with E-state index in [0.717, 1.165) is 5.56 Å². The fourth-order valence-electron chi connectivity index (χ4n) is 1.27. The number of amides is 1. The first-order chi connectivity index (χ1) is 6.54. The van der Waals surface area contributed by atoms with E-state index >= 15 is 0 Å². The molecule has 0 heterocycles. The largest absolute Gasteiger partial charge is 0.378 e. The van der Waals surface area contributed by atoms with Gasteiger partial charge in [-0.2, -0.15) is 0 Å². The molecule has 0 aliphatic carbocycles. The molecule has 0 aliphatic heterocycles. The Balaban J connectivity index is 2.95. The highest BCUT2D eigenvalue weighted by Gasteiger charge is 2.19. The van der Waals surface area contributed by atoms with Gasteiger partial charge >= 0.3 is 0 Å². The Kier molecular flexibility index (Phi) is 3.25. The van der Waals surface area contributed by atoms with Crippen LogP contribution in [0.4, 0.5) is 0 Å². The Morgan fingerprint density at radius 2 is 1.93 bits per heavy atom. The topological polar surface area (TPSA) is 40.5 Å². The molecule has 0 spiro atoms. The average Bonchev–Trinajstić information content (AvgIpc) is 2.16. The van der Waals surface area contributed by atoms with Crippen LogP contribution in [0.2, 0.25) is 0 Å². The molecule has 1 aromatic carbocycles. The minimum Gasteiger partial charge on any atom is -0.378 e. The maximum Gasteiger partial charge on any atom is 0.255 e. The molecule has 0 aliphatic rings. The summed E-state index contributed by atoms with van der Waals surface area (Å²) in [5, 5.41) is 9.75. The summed E-state index contributed by atoms with van der Waals surface area (Å²) >= 11 is 0. The summed E-state index contributed by atoms with van der Waals surface area (Å²) in [6.45, 7) is 1.88. The van der Waals surface area contributed by atoms with Crippen LogP contribution < -0.4 is 0 Å². The normalized spacial score (nSPS) is 12.3. The van der Waals surface area contributed by atoms with E-state index in [2.05, 4.69) is 0 Å². The molecule has 1 N–H and O–H groups in total. The Hall–Kier alpha value is -1.35. The van der Waals surface area contributed by atoms with Gasteiger partial charge in [-0.3, -0.25) is 4.79 Å². The zero-order chi connectivity index (χ0) is 10.7. The Labute approximate surface area is 84.0 Å². The number of aryl methyl sites for hydroxylation is 1. The number of carbonyl (C=O) groups excluding carboxylic acids is 1. The molecule has 1 unspecified atom stereocenters. The van der Waals surface area contributed by atoms with Crippen LogP contribution in [0.1, 0.15) is 17.2 Å². The third kappa shape index (κ3) is 2.12. The fraction of sp³-hybridized carbons (Fsp3) is 0.364. The Morgan fingerprint density at radius 1 is 1.36 bits per heavy atom. The summed E-state index contributed by atoms with van der Waals surface area (Å²) in [6.07, 6.45) is -1.05. The van der Waals surface area contributed by atoms with Gasteiger partial charge in [-0.25, -0.2) is 0 Å². The van der Waals surface area contributed by atoms with E-state index in [1.54, 1.807) is 20.2 Å². The van der Waals surface area contributed by atoms with Gasteiger partial charge in [-0.15, -0.1) is 0 Å². The summed E-state index contributed by atoms with van der Waals surface area (Å²) in [7, 11) is 3.26. The van der Waals surface area contributed by atoms with Crippen LogP contribution in [0, 0.1) is 6.92 Å². The van der Waals surface area contributed by atoms with Crippen molar-refractivity contribution in [3.63, 3.8) is 0 Å². The lowest BCUT2D eigenvalue weighted by atomic mass is 10.0. The van der Waals surface area contributed by atoms with Crippen LogP contribution in [-0.2, 0) is 4.79 Å². The standard InChI is InChI=1S/C11H15NO2/c1-8-6-4-5-7-9(8)10(13)11(14)12(2)3/h4-7,10,13H,1-3H3. The van der Waals surface area contributed by atoms with Crippen LogP contribution in [0.3, 0.4) is 0 Å². The van der Waals surface area contributed by atoms with Crippen molar-refractivity contribution in [2.45, 2.75) is 13.0 Å². The monoisotopic (exact) mass is 193 g/mol. The van der Waals surface area contributed by atoms with Crippen molar-refractivity contribution in [3.8, 4) is 0 Å². The van der Waals surface area contributed by atoms with Crippen molar-refractivity contribution < 1.29 is 9.90 Å². The molecule has 3 heteroatoms. The second-order valence-corrected chi connectivity index (χ2v) is 3.49. The molecule has 1 amide bonds. The highest BCUT2D eigenvalue weighted by atomic mass is 16.3. The molecule has 76 valence electrons. The van der Waals surface area contributed by atoms with Crippen LogP contribution in [-0.4, -0.2) is 30.0 Å². The number of likely N-dealkylation sites (N-methyl/N-ethyl adjacent to an activating group) is 1. The van der Waals surface area contributed by atoms with Gasteiger partial charge in [0.1, 0.15) is 0 Å². The highest BCUT2D eigenvalue weighted by Crippen LogP contribution is 2.18. The number of hydrogen-bond acceptors (Lipinski definition) is 2. The summed E-state index contributed by atoms with van der Waals surface area (Å²) < 4.78 is 0. The SMILES string of the molecule is Cc1ccccc1C(O)C(=O)N(C)C. The number of rotatable bonds is 2. The molecule has 0 radical (unpaired) electrons. The number of aliphatic hydroxyl groups excluding tert-OH is 1. The second-order valence-electron chi connectivity index (χ2n) is 3.49. The zero-order valence-electron chi connectivity index (χ0n) is 8.69. The van der Waals surface area contributed by atoms with Gasteiger partial charge in [-0.05, 0) is 18.1 Å². The molecular formula is C11H15NO2. The number of carbonyl (C=O) groups is 1. The van der Waals surface area contributed by atoms with Gasteiger partial charge in [0.05, 0.1) is 0 Å². The molecule has 0 bridgehead atoms. The van der Waals surface area contributed by atoms with Crippen LogP contribution in [0.5, 0.6) is 0 Å². The quantitative estimate of drug-likeness (QED) is 0.764. The molecular weight excluding hydrogens is 178 g/mol. The van der Waals surface area contributed by atoms with Crippen molar-refractivity contribution in [1.29, 1.82) is 0 Å². The molecule has 0 saturated heterocycles. The molecule has 0 fully saturated rings. The van der Waals surface area contributed by atoms with Gasteiger partial charge in [-0.1, -0.05) is 24.3 Å². The van der Waals surface area contributed by atoms with Gasteiger partial charge in [0, 0.05) is 14.1 Å².